The number of rotatable bonds is 10. The van der Waals surface area contributed by atoms with Crippen LogP contribution in [0.1, 0.15) is 22.8 Å². The van der Waals surface area contributed by atoms with Crippen molar-refractivity contribution in [3.05, 3.63) is 102 Å². The van der Waals surface area contributed by atoms with Crippen LogP contribution in [0.5, 0.6) is 5.75 Å². The molecule has 2 amide bonds. The maximum atomic E-state index is 12.5. The molecular weight excluding hydrogens is 402 g/mol. The topological polar surface area (TPSA) is 79.5 Å². The maximum absolute atomic E-state index is 12.5. The van der Waals surface area contributed by atoms with Crippen molar-refractivity contribution >= 4 is 23.2 Å². The van der Waals surface area contributed by atoms with Crippen molar-refractivity contribution in [2.24, 2.45) is 0 Å². The number of nitrogens with one attached hydrogen (secondary N) is 3. The molecule has 6 nitrogen and oxygen atoms in total. The highest BCUT2D eigenvalue weighted by Crippen LogP contribution is 2.24. The number of para-hydroxylation sites is 2. The SMILES string of the molecule is C=C(C)COc1ccccc1NC(=O)CNc1cccc(C(=O)NCc2ccccc2)c1. The largest absolute Gasteiger partial charge is 0.487 e. The van der Waals surface area contributed by atoms with Gasteiger partial charge in [-0.2, -0.15) is 0 Å². The summed E-state index contributed by atoms with van der Waals surface area (Å²) in [6, 6.07) is 24.0. The van der Waals surface area contributed by atoms with Crippen molar-refractivity contribution in [2.75, 3.05) is 23.8 Å². The summed E-state index contributed by atoms with van der Waals surface area (Å²) in [6.07, 6.45) is 0. The van der Waals surface area contributed by atoms with Crippen molar-refractivity contribution < 1.29 is 14.3 Å². The molecule has 3 rings (SSSR count). The standard InChI is InChI=1S/C26H27N3O3/c1-19(2)18-32-24-14-7-6-13-23(24)29-25(30)17-27-22-12-8-11-21(15-22)26(31)28-16-20-9-4-3-5-10-20/h3-15,27H,1,16-18H2,2H3,(H,28,31)(H,29,30). The third kappa shape index (κ3) is 7.02. The lowest BCUT2D eigenvalue weighted by atomic mass is 10.1. The summed E-state index contributed by atoms with van der Waals surface area (Å²) >= 11 is 0. The summed E-state index contributed by atoms with van der Waals surface area (Å²) in [4.78, 5) is 24.9. The van der Waals surface area contributed by atoms with Gasteiger partial charge in [-0.05, 0) is 48.4 Å². The van der Waals surface area contributed by atoms with E-state index in [1.165, 1.54) is 0 Å². The summed E-state index contributed by atoms with van der Waals surface area (Å²) in [6.45, 7) is 6.57. The number of ether oxygens (including phenoxy) is 1. The molecule has 0 saturated carbocycles. The van der Waals surface area contributed by atoms with Gasteiger partial charge in [0.25, 0.3) is 5.91 Å². The van der Waals surface area contributed by atoms with Crippen LogP contribution in [-0.4, -0.2) is 25.0 Å². The van der Waals surface area contributed by atoms with E-state index in [0.717, 1.165) is 11.1 Å². The van der Waals surface area contributed by atoms with Crippen LogP contribution in [0.2, 0.25) is 0 Å². The molecule has 3 aromatic carbocycles. The van der Waals surface area contributed by atoms with Crippen molar-refractivity contribution in [3.8, 4) is 5.75 Å². The summed E-state index contributed by atoms with van der Waals surface area (Å²) in [5, 5.41) is 8.80. The molecular formula is C26H27N3O3. The number of hydrogen-bond acceptors (Lipinski definition) is 4. The Morgan fingerprint density at radius 2 is 1.69 bits per heavy atom. The fraction of sp³-hybridized carbons (Fsp3) is 0.154. The highest BCUT2D eigenvalue weighted by Gasteiger charge is 2.09. The van der Waals surface area contributed by atoms with E-state index in [-0.39, 0.29) is 18.4 Å². The van der Waals surface area contributed by atoms with Gasteiger partial charge < -0.3 is 20.7 Å². The first-order valence-corrected chi connectivity index (χ1v) is 10.3. The predicted octanol–water partition coefficient (Wildman–Crippen LogP) is 4.62. The lowest BCUT2D eigenvalue weighted by Gasteiger charge is -2.13. The Kier molecular flexibility index (Phi) is 8.03. The van der Waals surface area contributed by atoms with Gasteiger partial charge in [0.05, 0.1) is 12.2 Å². The van der Waals surface area contributed by atoms with E-state index >= 15 is 0 Å². The predicted molar refractivity (Wildman–Crippen MR) is 128 cm³/mol. The van der Waals surface area contributed by atoms with Crippen molar-refractivity contribution in [1.29, 1.82) is 0 Å². The molecule has 0 aliphatic rings. The number of hydrogen-bond donors (Lipinski definition) is 3. The van der Waals surface area contributed by atoms with Crippen LogP contribution in [-0.2, 0) is 11.3 Å². The first-order valence-electron chi connectivity index (χ1n) is 10.3. The fourth-order valence-corrected chi connectivity index (χ4v) is 2.92. The smallest absolute Gasteiger partial charge is 0.251 e. The Balaban J connectivity index is 1.53. The number of carbonyl (C=O) groups is 2. The third-order valence-electron chi connectivity index (χ3n) is 4.51. The molecule has 0 unspecified atom stereocenters. The van der Waals surface area contributed by atoms with E-state index in [4.69, 9.17) is 4.74 Å². The molecule has 164 valence electrons. The zero-order valence-electron chi connectivity index (χ0n) is 18.1. The molecule has 0 aromatic heterocycles. The minimum atomic E-state index is -0.227. The summed E-state index contributed by atoms with van der Waals surface area (Å²) < 4.78 is 5.68. The van der Waals surface area contributed by atoms with Crippen molar-refractivity contribution in [2.45, 2.75) is 13.5 Å². The second-order valence-electron chi connectivity index (χ2n) is 7.39. The zero-order valence-corrected chi connectivity index (χ0v) is 18.1. The second kappa shape index (κ2) is 11.4. The average Bonchev–Trinajstić information content (AvgIpc) is 2.81. The van der Waals surface area contributed by atoms with Crippen LogP contribution in [0, 0.1) is 0 Å². The van der Waals surface area contributed by atoms with Gasteiger partial charge in [0.15, 0.2) is 0 Å². The van der Waals surface area contributed by atoms with Crippen LogP contribution in [0.4, 0.5) is 11.4 Å². The Bertz CT molecular complexity index is 1080. The van der Waals surface area contributed by atoms with Gasteiger partial charge in [-0.15, -0.1) is 0 Å². The maximum Gasteiger partial charge on any atom is 0.251 e. The van der Waals surface area contributed by atoms with Gasteiger partial charge in [-0.1, -0.05) is 55.1 Å². The average molecular weight is 430 g/mol. The van der Waals surface area contributed by atoms with Crippen LogP contribution >= 0.6 is 0 Å². The van der Waals surface area contributed by atoms with Crippen molar-refractivity contribution in [3.63, 3.8) is 0 Å². The molecule has 6 heteroatoms. The molecule has 0 spiro atoms. The van der Waals surface area contributed by atoms with Gasteiger partial charge in [-0.3, -0.25) is 9.59 Å². The van der Waals surface area contributed by atoms with Gasteiger partial charge in [0.2, 0.25) is 5.91 Å². The Morgan fingerprint density at radius 1 is 0.938 bits per heavy atom. The summed E-state index contributed by atoms with van der Waals surface area (Å²) in [7, 11) is 0. The van der Waals surface area contributed by atoms with Gasteiger partial charge in [-0.25, -0.2) is 0 Å². The molecule has 0 aliphatic heterocycles. The van der Waals surface area contributed by atoms with E-state index in [1.54, 1.807) is 30.3 Å². The molecule has 3 aromatic rings. The molecule has 32 heavy (non-hydrogen) atoms. The molecule has 0 radical (unpaired) electrons. The summed E-state index contributed by atoms with van der Waals surface area (Å²) in [5.74, 6) is 0.182. The van der Waals surface area contributed by atoms with Crippen molar-refractivity contribution in [1.82, 2.24) is 5.32 Å². The first-order chi connectivity index (χ1) is 15.5. The fourth-order valence-electron chi connectivity index (χ4n) is 2.92. The Hall–Kier alpha value is -4.06. The molecule has 0 atom stereocenters. The number of carbonyl (C=O) groups excluding carboxylic acids is 2. The van der Waals surface area contributed by atoms with Crippen LogP contribution in [0.3, 0.4) is 0 Å². The monoisotopic (exact) mass is 429 g/mol. The number of benzene rings is 3. The zero-order chi connectivity index (χ0) is 22.8. The van der Waals surface area contributed by atoms with Crippen LogP contribution in [0.25, 0.3) is 0 Å². The second-order valence-corrected chi connectivity index (χ2v) is 7.39. The van der Waals surface area contributed by atoms with Gasteiger partial charge in [0.1, 0.15) is 12.4 Å². The quantitative estimate of drug-likeness (QED) is 0.411. The molecule has 0 aliphatic carbocycles. The minimum absolute atomic E-state index is 0.0455. The Labute approximate surface area is 188 Å². The molecule has 0 heterocycles. The van der Waals surface area contributed by atoms with Gasteiger partial charge >= 0.3 is 0 Å². The lowest BCUT2D eigenvalue weighted by molar-refractivity contribution is -0.114. The normalized spacial score (nSPS) is 10.2. The van der Waals surface area contributed by atoms with E-state index in [9.17, 15) is 9.59 Å². The molecule has 0 fully saturated rings. The molecule has 3 N–H and O–H groups in total. The lowest BCUT2D eigenvalue weighted by Crippen LogP contribution is -2.24. The Morgan fingerprint density at radius 3 is 2.47 bits per heavy atom. The van der Waals surface area contributed by atoms with Crippen LogP contribution < -0.4 is 20.7 Å². The number of anilines is 2. The number of amides is 2. The van der Waals surface area contributed by atoms with E-state index < -0.39 is 0 Å². The highest BCUT2D eigenvalue weighted by molar-refractivity contribution is 5.96. The van der Waals surface area contributed by atoms with E-state index in [0.29, 0.717) is 35.8 Å². The van der Waals surface area contributed by atoms with E-state index in [2.05, 4.69) is 22.5 Å². The van der Waals surface area contributed by atoms with Gasteiger partial charge in [0, 0.05) is 17.8 Å². The molecule has 0 saturated heterocycles. The highest BCUT2D eigenvalue weighted by atomic mass is 16.5. The third-order valence-corrected chi connectivity index (χ3v) is 4.51. The van der Waals surface area contributed by atoms with E-state index in [1.807, 2.05) is 55.5 Å². The first kappa shape index (κ1) is 22.6. The molecule has 0 bridgehead atoms. The van der Waals surface area contributed by atoms with Crippen LogP contribution in [0.15, 0.2) is 91.0 Å². The summed E-state index contributed by atoms with van der Waals surface area (Å²) in [5.41, 5.74) is 3.71. The minimum Gasteiger partial charge on any atom is -0.487 e.